The van der Waals surface area contributed by atoms with Gasteiger partial charge in [-0.15, -0.1) is 0 Å². The molecule has 0 nitrogen and oxygen atoms in total. The first-order valence-corrected chi connectivity index (χ1v) is 12.5. The summed E-state index contributed by atoms with van der Waals surface area (Å²) in [6.07, 6.45) is 0. The lowest BCUT2D eigenvalue weighted by Crippen LogP contribution is -1.87. The van der Waals surface area contributed by atoms with E-state index in [1.165, 1.54) is 11.1 Å². The summed E-state index contributed by atoms with van der Waals surface area (Å²) in [6, 6.07) is 19.2. The van der Waals surface area contributed by atoms with E-state index in [9.17, 15) is 0 Å². The molecular formula is C27H31Cl5. The van der Waals surface area contributed by atoms with Crippen molar-refractivity contribution in [1.82, 2.24) is 0 Å². The van der Waals surface area contributed by atoms with Crippen molar-refractivity contribution in [2.45, 2.75) is 59.3 Å². The molecule has 0 aliphatic heterocycles. The first-order valence-electron chi connectivity index (χ1n) is 10.6. The summed E-state index contributed by atoms with van der Waals surface area (Å²) in [6.45, 7) is 12.8. The summed E-state index contributed by atoms with van der Waals surface area (Å²) in [5.41, 5.74) is 3.67. The van der Waals surface area contributed by atoms with Crippen LogP contribution < -0.4 is 0 Å². The molecule has 0 aromatic heterocycles. The van der Waals surface area contributed by atoms with Gasteiger partial charge in [0, 0.05) is 25.1 Å². The van der Waals surface area contributed by atoms with Crippen molar-refractivity contribution in [2.24, 2.45) is 0 Å². The molecule has 0 N–H and O–H groups in total. The van der Waals surface area contributed by atoms with Gasteiger partial charge in [-0.3, -0.25) is 0 Å². The van der Waals surface area contributed by atoms with Crippen LogP contribution in [0.5, 0.6) is 0 Å². The minimum atomic E-state index is 0.458. The molecule has 32 heavy (non-hydrogen) atoms. The fourth-order valence-corrected chi connectivity index (χ4v) is 4.02. The average Bonchev–Trinajstić information content (AvgIpc) is 2.68. The highest BCUT2D eigenvalue weighted by molar-refractivity contribution is 6.35. The van der Waals surface area contributed by atoms with Crippen LogP contribution in [0.15, 0.2) is 60.7 Å². The van der Waals surface area contributed by atoms with Crippen LogP contribution in [0.4, 0.5) is 0 Å². The van der Waals surface area contributed by atoms with Crippen molar-refractivity contribution < 1.29 is 0 Å². The molecule has 0 radical (unpaired) electrons. The van der Waals surface area contributed by atoms with Crippen molar-refractivity contribution in [3.63, 3.8) is 0 Å². The predicted octanol–water partition coefficient (Wildman–Crippen LogP) is 11.7. The van der Waals surface area contributed by atoms with Gasteiger partial charge in [-0.1, -0.05) is 118 Å². The Labute approximate surface area is 218 Å². The molecule has 0 bridgehead atoms. The van der Waals surface area contributed by atoms with Crippen LogP contribution in [0.1, 0.15) is 76.0 Å². The van der Waals surface area contributed by atoms with Gasteiger partial charge in [-0.25, -0.2) is 0 Å². The average molecular weight is 533 g/mol. The third-order valence-electron chi connectivity index (χ3n) is 4.67. The maximum absolute atomic E-state index is 5.94. The fourth-order valence-electron chi connectivity index (χ4n) is 2.73. The van der Waals surface area contributed by atoms with Gasteiger partial charge < -0.3 is 0 Å². The monoisotopic (exact) mass is 530 g/mol. The van der Waals surface area contributed by atoms with E-state index in [1.807, 2.05) is 36.4 Å². The third-order valence-corrected chi connectivity index (χ3v) is 5.92. The zero-order chi connectivity index (χ0) is 24.4. The zero-order valence-electron chi connectivity index (χ0n) is 19.4. The Morgan fingerprint density at radius 3 is 1.31 bits per heavy atom. The van der Waals surface area contributed by atoms with Crippen LogP contribution >= 0.6 is 58.0 Å². The van der Waals surface area contributed by atoms with Crippen molar-refractivity contribution in [2.75, 3.05) is 0 Å². The first-order chi connectivity index (χ1) is 14.9. The number of halogens is 5. The van der Waals surface area contributed by atoms with E-state index in [-0.39, 0.29) is 0 Å². The molecule has 0 unspecified atom stereocenters. The van der Waals surface area contributed by atoms with Crippen LogP contribution in [0.3, 0.4) is 0 Å². The fraction of sp³-hybridized carbons (Fsp3) is 0.333. The largest absolute Gasteiger partial charge is 0.0843 e. The number of benzene rings is 3. The lowest BCUT2D eigenvalue weighted by molar-refractivity contribution is 0.867. The smallest absolute Gasteiger partial charge is 0.0455 e. The van der Waals surface area contributed by atoms with Gasteiger partial charge in [0.25, 0.3) is 0 Å². The summed E-state index contributed by atoms with van der Waals surface area (Å²) < 4.78 is 0. The Hall–Kier alpha value is -0.890. The molecule has 3 rings (SSSR count). The Morgan fingerprint density at radius 1 is 0.438 bits per heavy atom. The Morgan fingerprint density at radius 2 is 0.906 bits per heavy atom. The highest BCUT2D eigenvalue weighted by atomic mass is 35.5. The van der Waals surface area contributed by atoms with Gasteiger partial charge in [-0.2, -0.15) is 0 Å². The Balaban J connectivity index is 0.000000240. The van der Waals surface area contributed by atoms with Crippen molar-refractivity contribution in [3.05, 3.63) is 102 Å². The summed E-state index contributed by atoms with van der Waals surface area (Å²) in [7, 11) is 0. The second-order valence-electron chi connectivity index (χ2n) is 8.38. The molecule has 0 aliphatic carbocycles. The second kappa shape index (κ2) is 14.4. The molecule has 0 heterocycles. The van der Waals surface area contributed by atoms with Gasteiger partial charge in [0.15, 0.2) is 0 Å². The standard InChI is InChI=1S/2C9H10Cl2.C9H11Cl/c1-6(2)7-3-8(10)5-9(11)4-7;1-6(2)8-4-3-7(10)5-9(8)11;1-7(2)8-3-5-9(10)6-4-8/h2*3-6H,1-2H3;3-7H,1-2H3. The molecule has 3 aromatic rings. The predicted molar refractivity (Wildman–Crippen MR) is 147 cm³/mol. The van der Waals surface area contributed by atoms with Crippen LogP contribution in [-0.4, -0.2) is 0 Å². The van der Waals surface area contributed by atoms with E-state index in [4.69, 9.17) is 58.0 Å². The van der Waals surface area contributed by atoms with E-state index in [1.54, 1.807) is 12.1 Å². The van der Waals surface area contributed by atoms with Gasteiger partial charge >= 0.3 is 0 Å². The van der Waals surface area contributed by atoms with E-state index < -0.39 is 0 Å². The molecule has 0 saturated heterocycles. The molecule has 0 spiro atoms. The SMILES string of the molecule is CC(C)c1cc(Cl)cc(Cl)c1.CC(C)c1ccc(Cl)cc1.CC(C)c1ccc(Cl)cc1Cl. The number of hydrogen-bond acceptors (Lipinski definition) is 0. The molecule has 0 aliphatic rings. The highest BCUT2D eigenvalue weighted by Crippen LogP contribution is 2.27. The normalized spacial score (nSPS) is 10.6. The van der Waals surface area contributed by atoms with Gasteiger partial charge in [0.1, 0.15) is 0 Å². The number of hydrogen-bond donors (Lipinski definition) is 0. The summed E-state index contributed by atoms with van der Waals surface area (Å²) in [5.74, 6) is 1.53. The molecular weight excluding hydrogens is 502 g/mol. The summed E-state index contributed by atoms with van der Waals surface area (Å²) >= 11 is 29.0. The zero-order valence-corrected chi connectivity index (χ0v) is 23.2. The molecule has 0 saturated carbocycles. The van der Waals surface area contributed by atoms with E-state index >= 15 is 0 Å². The third kappa shape index (κ3) is 10.8. The quantitative estimate of drug-likeness (QED) is 0.315. The molecule has 5 heteroatoms. The molecule has 0 amide bonds. The van der Waals surface area contributed by atoms with Gasteiger partial charge in [-0.05, 0) is 76.9 Å². The van der Waals surface area contributed by atoms with E-state index in [0.717, 1.165) is 15.6 Å². The van der Waals surface area contributed by atoms with Crippen molar-refractivity contribution >= 4 is 58.0 Å². The lowest BCUT2D eigenvalue weighted by atomic mass is 10.0. The second-order valence-corrected chi connectivity index (χ2v) is 10.5. The van der Waals surface area contributed by atoms with Gasteiger partial charge in [0.2, 0.25) is 0 Å². The van der Waals surface area contributed by atoms with Crippen molar-refractivity contribution in [1.29, 1.82) is 0 Å². The van der Waals surface area contributed by atoms with Crippen LogP contribution in [-0.2, 0) is 0 Å². The molecule has 174 valence electrons. The maximum Gasteiger partial charge on any atom is 0.0455 e. The molecule has 3 aromatic carbocycles. The minimum Gasteiger partial charge on any atom is -0.0843 e. The highest BCUT2D eigenvalue weighted by Gasteiger charge is 2.04. The maximum atomic E-state index is 5.94. The summed E-state index contributed by atoms with van der Waals surface area (Å²) in [5, 5.41) is 3.68. The number of rotatable bonds is 3. The summed E-state index contributed by atoms with van der Waals surface area (Å²) in [4.78, 5) is 0. The first kappa shape index (κ1) is 29.1. The molecule has 0 fully saturated rings. The van der Waals surface area contributed by atoms with E-state index in [0.29, 0.717) is 32.8 Å². The van der Waals surface area contributed by atoms with Crippen LogP contribution in [0, 0.1) is 0 Å². The molecule has 0 atom stereocenters. The van der Waals surface area contributed by atoms with Crippen LogP contribution in [0.2, 0.25) is 25.1 Å². The van der Waals surface area contributed by atoms with Crippen LogP contribution in [0.25, 0.3) is 0 Å². The Kier molecular flexibility index (Phi) is 13.1. The lowest BCUT2D eigenvalue weighted by Gasteiger charge is -2.06. The minimum absolute atomic E-state index is 0.458. The topological polar surface area (TPSA) is 0 Å². The van der Waals surface area contributed by atoms with E-state index in [2.05, 4.69) is 53.7 Å². The van der Waals surface area contributed by atoms with Gasteiger partial charge in [0.05, 0.1) is 0 Å². The van der Waals surface area contributed by atoms with Crippen molar-refractivity contribution in [3.8, 4) is 0 Å². The Bertz CT molecular complexity index is 940.